The van der Waals surface area contributed by atoms with Gasteiger partial charge in [0.15, 0.2) is 0 Å². The molecular formula is C9H5ClF2N2O. The molecule has 0 saturated carbocycles. The Hall–Kier alpha value is -1.67. The highest BCUT2D eigenvalue weighted by Gasteiger charge is 2.14. The van der Waals surface area contributed by atoms with Gasteiger partial charge in [0.05, 0.1) is 11.8 Å². The summed E-state index contributed by atoms with van der Waals surface area (Å²) in [6.45, 7) is 0. The van der Waals surface area contributed by atoms with Gasteiger partial charge < -0.3 is 5.32 Å². The zero-order chi connectivity index (χ0) is 11.4. The Balaban J connectivity index is 3.00. The van der Waals surface area contributed by atoms with Crippen LogP contribution in [0.4, 0.5) is 14.5 Å². The van der Waals surface area contributed by atoms with Crippen molar-refractivity contribution < 1.29 is 13.6 Å². The predicted octanol–water partition coefficient (Wildman–Crippen LogP) is 2.47. The maximum Gasteiger partial charge on any atom is 0.238 e. The summed E-state index contributed by atoms with van der Waals surface area (Å²) in [5, 5.41) is 9.70. The first-order chi connectivity index (χ1) is 7.06. The third-order valence-electron chi connectivity index (χ3n) is 1.55. The largest absolute Gasteiger partial charge is 0.321 e. The van der Waals surface area contributed by atoms with Crippen molar-refractivity contribution in [2.24, 2.45) is 0 Å². The summed E-state index contributed by atoms with van der Waals surface area (Å²) < 4.78 is 26.0. The first-order valence-electron chi connectivity index (χ1n) is 3.86. The minimum Gasteiger partial charge on any atom is -0.321 e. The fraction of sp³-hybridized carbons (Fsp3) is 0.111. The van der Waals surface area contributed by atoms with E-state index in [9.17, 15) is 13.6 Å². The van der Waals surface area contributed by atoms with E-state index in [0.29, 0.717) is 0 Å². The topological polar surface area (TPSA) is 52.9 Å². The number of anilines is 1. The van der Waals surface area contributed by atoms with Crippen LogP contribution in [0.25, 0.3) is 0 Å². The van der Waals surface area contributed by atoms with Crippen molar-refractivity contribution in [3.05, 3.63) is 28.8 Å². The van der Waals surface area contributed by atoms with E-state index < -0.39 is 34.7 Å². The Kier molecular flexibility index (Phi) is 3.58. The van der Waals surface area contributed by atoms with Crippen LogP contribution in [0.5, 0.6) is 0 Å². The molecule has 0 aliphatic rings. The minimum absolute atomic E-state index is 0.447. The summed E-state index contributed by atoms with van der Waals surface area (Å²) in [6, 6.07) is 3.25. The van der Waals surface area contributed by atoms with Gasteiger partial charge >= 0.3 is 0 Å². The molecule has 0 aromatic heterocycles. The lowest BCUT2D eigenvalue weighted by Crippen LogP contribution is -2.12. The van der Waals surface area contributed by atoms with Crippen LogP contribution < -0.4 is 5.32 Å². The Bertz CT molecular complexity index is 442. The molecule has 0 heterocycles. The summed E-state index contributed by atoms with van der Waals surface area (Å²) >= 11 is 5.43. The van der Waals surface area contributed by atoms with Crippen molar-refractivity contribution in [1.82, 2.24) is 0 Å². The number of amides is 1. The zero-order valence-electron chi connectivity index (χ0n) is 7.35. The number of nitriles is 1. The van der Waals surface area contributed by atoms with Gasteiger partial charge in [0, 0.05) is 0 Å². The molecule has 1 aromatic carbocycles. The molecule has 1 rings (SSSR count). The van der Waals surface area contributed by atoms with Crippen molar-refractivity contribution in [2.45, 2.75) is 6.42 Å². The van der Waals surface area contributed by atoms with Crippen LogP contribution in [0.15, 0.2) is 12.1 Å². The van der Waals surface area contributed by atoms with Crippen LogP contribution in [0.2, 0.25) is 5.02 Å². The normalized spacial score (nSPS) is 9.47. The monoisotopic (exact) mass is 230 g/mol. The molecule has 0 bridgehead atoms. The van der Waals surface area contributed by atoms with E-state index in [4.69, 9.17) is 16.9 Å². The van der Waals surface area contributed by atoms with E-state index in [1.165, 1.54) is 0 Å². The lowest BCUT2D eigenvalue weighted by Gasteiger charge is -2.06. The Morgan fingerprint density at radius 1 is 1.47 bits per heavy atom. The molecule has 0 saturated heterocycles. The summed E-state index contributed by atoms with van der Waals surface area (Å²) in [5.41, 5.74) is -0.447. The molecule has 1 N–H and O–H groups in total. The van der Waals surface area contributed by atoms with Crippen molar-refractivity contribution in [3.8, 4) is 6.07 Å². The van der Waals surface area contributed by atoms with Gasteiger partial charge in [-0.05, 0) is 12.1 Å². The van der Waals surface area contributed by atoms with Crippen LogP contribution >= 0.6 is 11.6 Å². The molecule has 0 fully saturated rings. The Labute approximate surface area is 89.3 Å². The Morgan fingerprint density at radius 3 is 2.67 bits per heavy atom. The van der Waals surface area contributed by atoms with Gasteiger partial charge in [-0.3, -0.25) is 4.79 Å². The van der Waals surface area contributed by atoms with Crippen molar-refractivity contribution in [1.29, 1.82) is 5.26 Å². The summed E-state index contributed by atoms with van der Waals surface area (Å²) in [5.74, 6) is -2.44. The molecule has 0 unspecified atom stereocenters. The van der Waals surface area contributed by atoms with Crippen LogP contribution in [-0.4, -0.2) is 5.91 Å². The number of carbonyl (C=O) groups excluding carboxylic acids is 1. The summed E-state index contributed by atoms with van der Waals surface area (Å²) in [4.78, 5) is 10.9. The van der Waals surface area contributed by atoms with Gasteiger partial charge in [-0.15, -0.1) is 0 Å². The smallest absolute Gasteiger partial charge is 0.238 e. The highest BCUT2D eigenvalue weighted by atomic mass is 35.5. The number of nitrogens with one attached hydrogen (secondary N) is 1. The van der Waals surface area contributed by atoms with Crippen LogP contribution in [-0.2, 0) is 4.79 Å². The summed E-state index contributed by atoms with van der Waals surface area (Å²) in [7, 11) is 0. The number of nitrogens with zero attached hydrogens (tertiary/aromatic N) is 1. The van der Waals surface area contributed by atoms with Gasteiger partial charge in [0.25, 0.3) is 0 Å². The fourth-order valence-corrected chi connectivity index (χ4v) is 1.10. The van der Waals surface area contributed by atoms with E-state index >= 15 is 0 Å². The SMILES string of the molecule is N#CCC(=O)Nc1c(F)ccc(F)c1Cl. The number of hydrogen-bond donors (Lipinski definition) is 1. The van der Waals surface area contributed by atoms with E-state index in [-0.39, 0.29) is 0 Å². The van der Waals surface area contributed by atoms with Crippen LogP contribution in [0, 0.1) is 23.0 Å². The van der Waals surface area contributed by atoms with E-state index in [1.807, 2.05) is 5.32 Å². The molecule has 0 spiro atoms. The molecule has 0 radical (unpaired) electrons. The maximum atomic E-state index is 13.1. The molecule has 1 aromatic rings. The van der Waals surface area contributed by atoms with E-state index in [2.05, 4.69) is 0 Å². The molecule has 15 heavy (non-hydrogen) atoms. The third-order valence-corrected chi connectivity index (χ3v) is 1.92. The molecule has 6 heteroatoms. The van der Waals surface area contributed by atoms with E-state index in [1.54, 1.807) is 6.07 Å². The van der Waals surface area contributed by atoms with Gasteiger partial charge in [-0.25, -0.2) is 8.78 Å². The summed E-state index contributed by atoms with van der Waals surface area (Å²) in [6.07, 6.45) is -0.452. The average molecular weight is 231 g/mol. The maximum absolute atomic E-state index is 13.1. The average Bonchev–Trinajstić information content (AvgIpc) is 2.19. The standard InChI is InChI=1S/C9H5ClF2N2O/c10-8-5(11)1-2-6(12)9(8)14-7(15)3-4-13/h1-2H,3H2,(H,14,15). The van der Waals surface area contributed by atoms with Crippen LogP contribution in [0.3, 0.4) is 0 Å². The predicted molar refractivity (Wildman–Crippen MR) is 50.2 cm³/mol. The molecule has 0 atom stereocenters. The van der Waals surface area contributed by atoms with Gasteiger partial charge in [0.1, 0.15) is 23.1 Å². The number of halogens is 3. The molecule has 78 valence electrons. The molecule has 0 aliphatic carbocycles. The third kappa shape index (κ3) is 2.64. The highest BCUT2D eigenvalue weighted by molar-refractivity contribution is 6.33. The number of rotatable bonds is 2. The number of benzene rings is 1. The number of hydrogen-bond acceptors (Lipinski definition) is 2. The lowest BCUT2D eigenvalue weighted by atomic mass is 10.3. The molecule has 1 amide bonds. The van der Waals surface area contributed by atoms with Gasteiger partial charge in [-0.1, -0.05) is 11.6 Å². The quantitative estimate of drug-likeness (QED) is 0.794. The highest BCUT2D eigenvalue weighted by Crippen LogP contribution is 2.27. The van der Waals surface area contributed by atoms with Gasteiger partial charge in [0.2, 0.25) is 5.91 Å². The number of carbonyl (C=O) groups is 1. The molecule has 0 aliphatic heterocycles. The fourth-order valence-electron chi connectivity index (χ4n) is 0.897. The van der Waals surface area contributed by atoms with Crippen LogP contribution in [0.1, 0.15) is 6.42 Å². The second-order valence-electron chi connectivity index (χ2n) is 2.60. The second kappa shape index (κ2) is 4.71. The van der Waals surface area contributed by atoms with Crippen molar-refractivity contribution >= 4 is 23.2 Å². The molecular weight excluding hydrogens is 226 g/mol. The first-order valence-corrected chi connectivity index (χ1v) is 4.24. The zero-order valence-corrected chi connectivity index (χ0v) is 8.11. The van der Waals surface area contributed by atoms with Crippen molar-refractivity contribution in [2.75, 3.05) is 5.32 Å². The Morgan fingerprint density at radius 2 is 2.07 bits per heavy atom. The minimum atomic E-state index is -0.854. The first kappa shape index (κ1) is 11.4. The van der Waals surface area contributed by atoms with E-state index in [0.717, 1.165) is 12.1 Å². The molecule has 3 nitrogen and oxygen atoms in total. The lowest BCUT2D eigenvalue weighted by molar-refractivity contribution is -0.115. The second-order valence-corrected chi connectivity index (χ2v) is 2.98. The van der Waals surface area contributed by atoms with Crippen molar-refractivity contribution in [3.63, 3.8) is 0 Å². The van der Waals surface area contributed by atoms with Gasteiger partial charge in [-0.2, -0.15) is 5.26 Å².